The molecule has 3 fully saturated rings. The number of ketones is 2. The number of fused-ring (bicyclic) bond motifs is 5. The predicted molar refractivity (Wildman–Crippen MR) is 93.7 cm³/mol. The van der Waals surface area contributed by atoms with Crippen LogP contribution in [0.3, 0.4) is 0 Å². The highest BCUT2D eigenvalue weighted by Gasteiger charge is 2.63. The lowest BCUT2D eigenvalue weighted by Gasteiger charge is -2.56. The maximum absolute atomic E-state index is 13.1. The van der Waals surface area contributed by atoms with E-state index in [-0.39, 0.29) is 52.2 Å². The van der Waals surface area contributed by atoms with E-state index in [1.165, 1.54) is 0 Å². The first-order valence-corrected chi connectivity index (χ1v) is 9.80. The lowest BCUT2D eigenvalue weighted by atomic mass is 9.47. The van der Waals surface area contributed by atoms with Gasteiger partial charge < -0.3 is 10.2 Å². The van der Waals surface area contributed by atoms with Crippen LogP contribution in [0.25, 0.3) is 0 Å². The van der Waals surface area contributed by atoms with E-state index in [0.717, 1.165) is 31.3 Å². The highest BCUT2D eigenvalue weighted by molar-refractivity contribution is 5.95. The van der Waals surface area contributed by atoms with E-state index in [4.69, 9.17) is 0 Å². The van der Waals surface area contributed by atoms with Crippen molar-refractivity contribution in [2.45, 2.75) is 71.5 Å². The molecule has 4 rings (SSSR count). The zero-order valence-corrected chi connectivity index (χ0v) is 15.5. The molecule has 0 bridgehead atoms. The second kappa shape index (κ2) is 5.50. The molecule has 0 aromatic rings. The molecule has 8 atom stereocenters. The van der Waals surface area contributed by atoms with E-state index < -0.39 is 6.10 Å². The molecule has 4 heteroatoms. The Bertz CT molecular complexity index is 652. The number of carbonyl (C=O) groups is 2. The van der Waals surface area contributed by atoms with Crippen molar-refractivity contribution in [2.24, 2.45) is 34.5 Å². The van der Waals surface area contributed by atoms with Gasteiger partial charge in [-0.1, -0.05) is 19.4 Å². The summed E-state index contributed by atoms with van der Waals surface area (Å²) in [6.45, 7) is 5.97. The first-order chi connectivity index (χ1) is 11.7. The Balaban J connectivity index is 1.75. The summed E-state index contributed by atoms with van der Waals surface area (Å²) in [4.78, 5) is 25.3. The minimum atomic E-state index is -0.620. The molecular weight excluding hydrogens is 316 g/mol. The second-order valence-electron chi connectivity index (χ2n) is 9.56. The minimum Gasteiger partial charge on any atom is -0.393 e. The van der Waals surface area contributed by atoms with Crippen molar-refractivity contribution < 1.29 is 19.8 Å². The standard InChI is InChI=1S/C21H30O4/c1-11(22)19-17(25)10-15-18-14(5-7-21(15,19)3)20(2)6-4-13(23)8-12(20)9-16(18)24/h9,13-15,17-19,23,25H,4-8,10H2,1-3H3/t13-,14-,15-,17-,18+,19-,20-,21-/m0/s1. The SMILES string of the molecule is CC(=O)[C@H]1[C@@H](O)C[C@H]2[C@@H]3C(=O)C=C4C[C@@H](O)CC[C@]4(C)[C@H]3CC[C@@]21C. The van der Waals surface area contributed by atoms with Gasteiger partial charge in [-0.05, 0) is 74.2 Å². The van der Waals surface area contributed by atoms with E-state index >= 15 is 0 Å². The van der Waals surface area contributed by atoms with Crippen molar-refractivity contribution in [3.63, 3.8) is 0 Å². The summed E-state index contributed by atoms with van der Waals surface area (Å²) in [6, 6.07) is 0. The third kappa shape index (κ3) is 2.26. The molecule has 3 saturated carbocycles. The van der Waals surface area contributed by atoms with Gasteiger partial charge in [-0.25, -0.2) is 0 Å². The van der Waals surface area contributed by atoms with Crippen molar-refractivity contribution in [3.05, 3.63) is 11.6 Å². The summed E-state index contributed by atoms with van der Waals surface area (Å²) in [6.07, 6.45) is 5.61. The van der Waals surface area contributed by atoms with Gasteiger partial charge in [0.1, 0.15) is 5.78 Å². The first kappa shape index (κ1) is 17.4. The molecule has 0 heterocycles. The minimum absolute atomic E-state index is 0.0155. The third-order valence-electron chi connectivity index (χ3n) is 8.39. The quantitative estimate of drug-likeness (QED) is 0.765. The van der Waals surface area contributed by atoms with Crippen LogP contribution in [0.1, 0.15) is 59.3 Å². The fourth-order valence-corrected chi connectivity index (χ4v) is 7.14. The number of carbonyl (C=O) groups excluding carboxylic acids is 2. The van der Waals surface area contributed by atoms with Gasteiger partial charge in [-0.3, -0.25) is 9.59 Å². The number of hydrogen-bond acceptors (Lipinski definition) is 4. The summed E-state index contributed by atoms with van der Waals surface area (Å²) in [5.74, 6) is 0.174. The molecule has 0 aromatic heterocycles. The number of allylic oxidation sites excluding steroid dienone is 1. The maximum Gasteiger partial charge on any atom is 0.159 e. The molecule has 25 heavy (non-hydrogen) atoms. The van der Waals surface area contributed by atoms with Crippen LogP contribution in [0.2, 0.25) is 0 Å². The molecule has 138 valence electrons. The van der Waals surface area contributed by atoms with Gasteiger partial charge in [-0.15, -0.1) is 0 Å². The van der Waals surface area contributed by atoms with Crippen LogP contribution < -0.4 is 0 Å². The van der Waals surface area contributed by atoms with Crippen molar-refractivity contribution in [3.8, 4) is 0 Å². The molecule has 0 aromatic carbocycles. The molecule has 0 saturated heterocycles. The number of Topliss-reactive ketones (excluding diaryl/α,β-unsaturated/α-hetero) is 1. The summed E-state index contributed by atoms with van der Waals surface area (Å²) in [5, 5.41) is 20.6. The first-order valence-electron chi connectivity index (χ1n) is 9.80. The average Bonchev–Trinajstić information content (AvgIpc) is 2.79. The largest absolute Gasteiger partial charge is 0.393 e. The van der Waals surface area contributed by atoms with Gasteiger partial charge in [0.25, 0.3) is 0 Å². The molecule has 4 nitrogen and oxygen atoms in total. The summed E-state index contributed by atoms with van der Waals surface area (Å²) >= 11 is 0. The van der Waals surface area contributed by atoms with Gasteiger partial charge in [0.2, 0.25) is 0 Å². The molecular formula is C21H30O4. The topological polar surface area (TPSA) is 74.6 Å². The van der Waals surface area contributed by atoms with Crippen LogP contribution in [0.5, 0.6) is 0 Å². The molecule has 4 aliphatic rings. The molecule has 0 unspecified atom stereocenters. The van der Waals surface area contributed by atoms with E-state index in [2.05, 4.69) is 13.8 Å². The normalized spacial score (nSPS) is 52.0. The third-order valence-corrected chi connectivity index (χ3v) is 8.39. The van der Waals surface area contributed by atoms with Crippen LogP contribution >= 0.6 is 0 Å². The number of aliphatic hydroxyl groups is 2. The van der Waals surface area contributed by atoms with Crippen LogP contribution in [0.4, 0.5) is 0 Å². The van der Waals surface area contributed by atoms with Crippen LogP contribution in [-0.2, 0) is 9.59 Å². The van der Waals surface area contributed by atoms with Crippen molar-refractivity contribution >= 4 is 11.6 Å². The Labute approximate surface area is 149 Å². The van der Waals surface area contributed by atoms with Crippen LogP contribution in [0, 0.1) is 34.5 Å². The molecule has 2 N–H and O–H groups in total. The van der Waals surface area contributed by atoms with Crippen molar-refractivity contribution in [1.29, 1.82) is 0 Å². The van der Waals surface area contributed by atoms with Crippen molar-refractivity contribution in [2.75, 3.05) is 0 Å². The zero-order chi connectivity index (χ0) is 18.1. The molecule has 0 spiro atoms. The van der Waals surface area contributed by atoms with E-state index in [1.807, 2.05) is 6.08 Å². The number of rotatable bonds is 1. The highest BCUT2D eigenvalue weighted by atomic mass is 16.3. The van der Waals surface area contributed by atoms with Crippen LogP contribution in [-0.4, -0.2) is 34.0 Å². The van der Waals surface area contributed by atoms with Gasteiger partial charge in [0.05, 0.1) is 12.2 Å². The zero-order valence-electron chi connectivity index (χ0n) is 15.5. The highest BCUT2D eigenvalue weighted by Crippen LogP contribution is 2.65. The average molecular weight is 346 g/mol. The lowest BCUT2D eigenvalue weighted by molar-refractivity contribution is -0.139. The fourth-order valence-electron chi connectivity index (χ4n) is 7.14. The van der Waals surface area contributed by atoms with E-state index in [9.17, 15) is 19.8 Å². The summed E-state index contributed by atoms with van der Waals surface area (Å²) < 4.78 is 0. The Morgan fingerprint density at radius 1 is 1.16 bits per heavy atom. The van der Waals surface area contributed by atoms with Gasteiger partial charge >= 0.3 is 0 Å². The Morgan fingerprint density at radius 3 is 2.56 bits per heavy atom. The molecule has 0 amide bonds. The summed E-state index contributed by atoms with van der Waals surface area (Å²) in [5.41, 5.74) is 0.846. The second-order valence-corrected chi connectivity index (χ2v) is 9.56. The predicted octanol–water partition coefficient (Wildman–Crippen LogP) is 2.67. The monoisotopic (exact) mass is 346 g/mol. The molecule has 0 radical (unpaired) electrons. The maximum atomic E-state index is 13.1. The van der Waals surface area contributed by atoms with E-state index in [1.54, 1.807) is 6.92 Å². The molecule has 0 aliphatic heterocycles. The van der Waals surface area contributed by atoms with Gasteiger partial charge in [0.15, 0.2) is 5.78 Å². The smallest absolute Gasteiger partial charge is 0.159 e. The van der Waals surface area contributed by atoms with Crippen molar-refractivity contribution in [1.82, 2.24) is 0 Å². The Hall–Kier alpha value is -1.00. The van der Waals surface area contributed by atoms with Crippen LogP contribution in [0.15, 0.2) is 11.6 Å². The Morgan fingerprint density at radius 2 is 1.88 bits per heavy atom. The molecule has 4 aliphatic carbocycles. The number of aliphatic hydroxyl groups excluding tert-OH is 2. The van der Waals surface area contributed by atoms with Gasteiger partial charge in [0, 0.05) is 11.8 Å². The number of hydrogen-bond donors (Lipinski definition) is 2. The Kier molecular flexibility index (Phi) is 3.83. The lowest BCUT2D eigenvalue weighted by Crippen LogP contribution is -2.53. The summed E-state index contributed by atoms with van der Waals surface area (Å²) in [7, 11) is 0. The fraction of sp³-hybridized carbons (Fsp3) is 0.810. The van der Waals surface area contributed by atoms with E-state index in [0.29, 0.717) is 12.8 Å². The van der Waals surface area contributed by atoms with Gasteiger partial charge in [-0.2, -0.15) is 0 Å².